The van der Waals surface area contributed by atoms with E-state index in [1.807, 2.05) is 0 Å². The van der Waals surface area contributed by atoms with Gasteiger partial charge in [0.15, 0.2) is 5.82 Å². The molecule has 3 heterocycles. The van der Waals surface area contributed by atoms with Gasteiger partial charge in [-0.05, 0) is 37.9 Å². The van der Waals surface area contributed by atoms with Gasteiger partial charge in [0.25, 0.3) is 5.89 Å². The van der Waals surface area contributed by atoms with Crippen LogP contribution in [-0.4, -0.2) is 16.7 Å². The maximum Gasteiger partial charge on any atom is 0.268 e. The van der Waals surface area contributed by atoms with Gasteiger partial charge < -0.3 is 9.84 Å². The number of hydrogen-bond donors (Lipinski definition) is 1. The fourth-order valence-electron chi connectivity index (χ4n) is 2.06. The Labute approximate surface area is 104 Å². The quantitative estimate of drug-likeness (QED) is 0.908. The minimum absolute atomic E-state index is 0.276. The summed E-state index contributed by atoms with van der Waals surface area (Å²) in [4.78, 5) is 6.89. The maximum absolute atomic E-state index is 5.33. The van der Waals surface area contributed by atoms with E-state index >= 15 is 0 Å². The first kappa shape index (κ1) is 10.9. The van der Waals surface area contributed by atoms with E-state index in [-0.39, 0.29) is 6.04 Å². The lowest BCUT2D eigenvalue weighted by atomic mass is 10.2. The molecule has 1 aliphatic rings. The zero-order valence-electron chi connectivity index (χ0n) is 9.77. The van der Waals surface area contributed by atoms with Gasteiger partial charge in [-0.3, -0.25) is 0 Å². The van der Waals surface area contributed by atoms with Gasteiger partial charge in [0, 0.05) is 4.88 Å². The van der Waals surface area contributed by atoms with Crippen molar-refractivity contribution >= 4 is 11.3 Å². The minimum Gasteiger partial charge on any atom is -0.333 e. The Morgan fingerprint density at radius 2 is 2.47 bits per heavy atom. The predicted octanol–water partition coefficient (Wildman–Crippen LogP) is 2.79. The van der Waals surface area contributed by atoms with E-state index in [4.69, 9.17) is 4.52 Å². The van der Waals surface area contributed by atoms with Crippen LogP contribution in [0.3, 0.4) is 0 Å². The fourth-order valence-corrected chi connectivity index (χ4v) is 2.93. The van der Waals surface area contributed by atoms with Crippen molar-refractivity contribution in [3.05, 3.63) is 22.8 Å². The van der Waals surface area contributed by atoms with Crippen molar-refractivity contribution < 1.29 is 4.52 Å². The minimum atomic E-state index is 0.276. The van der Waals surface area contributed by atoms with Crippen molar-refractivity contribution in [1.82, 2.24) is 15.5 Å². The summed E-state index contributed by atoms with van der Waals surface area (Å²) in [6.07, 6.45) is 3.34. The summed E-state index contributed by atoms with van der Waals surface area (Å²) in [5, 5.41) is 7.44. The largest absolute Gasteiger partial charge is 0.333 e. The molecule has 1 saturated heterocycles. The molecule has 1 fully saturated rings. The van der Waals surface area contributed by atoms with Crippen molar-refractivity contribution in [2.75, 3.05) is 6.54 Å². The first-order chi connectivity index (χ1) is 8.36. The van der Waals surface area contributed by atoms with Crippen molar-refractivity contribution in [2.24, 2.45) is 0 Å². The highest BCUT2D eigenvalue weighted by Gasteiger charge is 2.22. The van der Waals surface area contributed by atoms with Crippen LogP contribution in [0.2, 0.25) is 0 Å². The van der Waals surface area contributed by atoms with Crippen LogP contribution < -0.4 is 5.32 Å². The van der Waals surface area contributed by atoms with Crippen LogP contribution in [0.1, 0.15) is 36.5 Å². The van der Waals surface area contributed by atoms with Gasteiger partial charge in [0.1, 0.15) is 0 Å². The van der Waals surface area contributed by atoms with E-state index in [9.17, 15) is 0 Å². The number of aryl methyl sites for hydroxylation is 1. The molecule has 17 heavy (non-hydrogen) atoms. The molecule has 3 rings (SSSR count). The zero-order valence-corrected chi connectivity index (χ0v) is 10.6. The predicted molar refractivity (Wildman–Crippen MR) is 67.0 cm³/mol. The molecule has 0 aliphatic carbocycles. The third-order valence-electron chi connectivity index (χ3n) is 3.03. The molecule has 0 amide bonds. The van der Waals surface area contributed by atoms with E-state index in [0.29, 0.717) is 5.89 Å². The zero-order chi connectivity index (χ0) is 11.7. The van der Waals surface area contributed by atoms with E-state index in [2.05, 4.69) is 34.5 Å². The summed E-state index contributed by atoms with van der Waals surface area (Å²) in [7, 11) is 0. The van der Waals surface area contributed by atoms with Crippen molar-refractivity contribution in [3.8, 4) is 10.8 Å². The van der Waals surface area contributed by atoms with Gasteiger partial charge in [0.2, 0.25) is 0 Å². The van der Waals surface area contributed by atoms with Gasteiger partial charge in [-0.25, -0.2) is 0 Å². The Morgan fingerprint density at radius 1 is 1.53 bits per heavy atom. The summed E-state index contributed by atoms with van der Waals surface area (Å²) < 4.78 is 5.33. The van der Waals surface area contributed by atoms with Gasteiger partial charge in [-0.15, -0.1) is 11.3 Å². The lowest BCUT2D eigenvalue weighted by Gasteiger charge is -2.01. The van der Waals surface area contributed by atoms with Crippen LogP contribution in [0.5, 0.6) is 0 Å². The van der Waals surface area contributed by atoms with Crippen molar-refractivity contribution in [3.63, 3.8) is 0 Å². The summed E-state index contributed by atoms with van der Waals surface area (Å²) in [6.45, 7) is 3.20. The van der Waals surface area contributed by atoms with E-state index in [0.717, 1.165) is 30.1 Å². The molecule has 90 valence electrons. The van der Waals surface area contributed by atoms with Crippen LogP contribution >= 0.6 is 11.3 Å². The SMILES string of the molecule is CCc1ccc(-c2nc(C3CCCN3)no2)s1. The second-order valence-electron chi connectivity index (χ2n) is 4.23. The third-order valence-corrected chi connectivity index (χ3v) is 4.25. The van der Waals surface area contributed by atoms with Gasteiger partial charge in [-0.1, -0.05) is 12.1 Å². The van der Waals surface area contributed by atoms with Gasteiger partial charge in [0.05, 0.1) is 10.9 Å². The number of aromatic nitrogens is 2. The molecular weight excluding hydrogens is 234 g/mol. The van der Waals surface area contributed by atoms with E-state index in [1.165, 1.54) is 11.3 Å². The lowest BCUT2D eigenvalue weighted by Crippen LogP contribution is -2.14. The first-order valence-corrected chi connectivity index (χ1v) is 6.84. The monoisotopic (exact) mass is 249 g/mol. The average molecular weight is 249 g/mol. The fraction of sp³-hybridized carbons (Fsp3) is 0.500. The summed E-state index contributed by atoms with van der Waals surface area (Å²) >= 11 is 1.73. The standard InChI is InChI=1S/C12H15N3OS/c1-2-8-5-6-10(17-8)12-14-11(15-16-12)9-4-3-7-13-9/h5-6,9,13H,2-4,7H2,1H3. The maximum atomic E-state index is 5.33. The number of nitrogens with one attached hydrogen (secondary N) is 1. The highest BCUT2D eigenvalue weighted by atomic mass is 32.1. The molecule has 0 radical (unpaired) electrons. The Hall–Kier alpha value is -1.20. The molecule has 1 N–H and O–H groups in total. The molecule has 1 atom stereocenters. The van der Waals surface area contributed by atoms with Gasteiger partial charge >= 0.3 is 0 Å². The molecule has 0 aromatic carbocycles. The molecule has 5 heteroatoms. The molecule has 2 aromatic rings. The Balaban J connectivity index is 1.83. The van der Waals surface area contributed by atoms with Crippen LogP contribution in [-0.2, 0) is 6.42 Å². The summed E-state index contributed by atoms with van der Waals surface area (Å²) in [5.41, 5.74) is 0. The van der Waals surface area contributed by atoms with Crippen LogP contribution in [0.4, 0.5) is 0 Å². The molecule has 0 bridgehead atoms. The second kappa shape index (κ2) is 4.58. The van der Waals surface area contributed by atoms with E-state index in [1.54, 1.807) is 11.3 Å². The molecule has 0 spiro atoms. The highest BCUT2D eigenvalue weighted by Crippen LogP contribution is 2.29. The summed E-state index contributed by atoms with van der Waals surface area (Å²) in [5.74, 6) is 1.45. The lowest BCUT2D eigenvalue weighted by molar-refractivity contribution is 0.413. The van der Waals surface area contributed by atoms with Crippen LogP contribution in [0.25, 0.3) is 10.8 Å². The van der Waals surface area contributed by atoms with Crippen LogP contribution in [0.15, 0.2) is 16.7 Å². The first-order valence-electron chi connectivity index (χ1n) is 6.03. The molecular formula is C12H15N3OS. The molecule has 1 unspecified atom stereocenters. The summed E-state index contributed by atoms with van der Waals surface area (Å²) in [6, 6.07) is 4.46. The number of thiophene rings is 1. The molecule has 1 aliphatic heterocycles. The molecule has 4 nitrogen and oxygen atoms in total. The number of nitrogens with zero attached hydrogens (tertiary/aromatic N) is 2. The van der Waals surface area contributed by atoms with E-state index < -0.39 is 0 Å². The highest BCUT2D eigenvalue weighted by molar-refractivity contribution is 7.15. The Bertz CT molecular complexity index is 499. The smallest absolute Gasteiger partial charge is 0.268 e. The number of hydrogen-bond acceptors (Lipinski definition) is 5. The topological polar surface area (TPSA) is 51.0 Å². The molecule has 0 saturated carbocycles. The number of rotatable bonds is 3. The normalized spacial score (nSPS) is 19.9. The third kappa shape index (κ3) is 2.12. The second-order valence-corrected chi connectivity index (χ2v) is 5.39. The Kier molecular flexibility index (Phi) is 2.94. The van der Waals surface area contributed by atoms with Crippen molar-refractivity contribution in [1.29, 1.82) is 0 Å². The van der Waals surface area contributed by atoms with Crippen molar-refractivity contribution in [2.45, 2.75) is 32.2 Å². The van der Waals surface area contributed by atoms with Crippen LogP contribution in [0, 0.1) is 0 Å². The van der Waals surface area contributed by atoms with Gasteiger partial charge in [-0.2, -0.15) is 4.98 Å². The Morgan fingerprint density at radius 3 is 3.18 bits per heavy atom. The average Bonchev–Trinajstić information content (AvgIpc) is 3.09. The molecule has 2 aromatic heterocycles.